The Morgan fingerprint density at radius 3 is 2.73 bits per heavy atom. The number of benzene rings is 2. The summed E-state index contributed by atoms with van der Waals surface area (Å²) in [6.07, 6.45) is 4.85. The molecule has 26 heavy (non-hydrogen) atoms. The van der Waals surface area contributed by atoms with E-state index in [1.165, 1.54) is 11.1 Å². The minimum atomic E-state index is -0.838. The predicted octanol–water partition coefficient (Wildman–Crippen LogP) is 4.34. The Kier molecular flexibility index (Phi) is 6.00. The van der Waals surface area contributed by atoms with Gasteiger partial charge in [0.15, 0.2) is 0 Å². The van der Waals surface area contributed by atoms with Crippen LogP contribution < -0.4 is 4.74 Å². The molecule has 0 bridgehead atoms. The van der Waals surface area contributed by atoms with Crippen LogP contribution >= 0.6 is 0 Å². The van der Waals surface area contributed by atoms with E-state index in [1.807, 2.05) is 12.1 Å². The molecule has 0 saturated heterocycles. The van der Waals surface area contributed by atoms with Crippen molar-refractivity contribution in [1.82, 2.24) is 4.90 Å². The Balaban J connectivity index is 2.02. The zero-order valence-electron chi connectivity index (χ0n) is 16.2. The first kappa shape index (κ1) is 18.9. The molecule has 1 N–H and O–H groups in total. The molecule has 0 heterocycles. The van der Waals surface area contributed by atoms with Crippen LogP contribution in [0.5, 0.6) is 5.75 Å². The summed E-state index contributed by atoms with van der Waals surface area (Å²) in [6, 6.07) is 16.7. The van der Waals surface area contributed by atoms with Crippen LogP contribution in [0.15, 0.2) is 48.5 Å². The van der Waals surface area contributed by atoms with Crippen molar-refractivity contribution in [3.05, 3.63) is 65.2 Å². The maximum Gasteiger partial charge on any atom is 0.119 e. The molecule has 1 aliphatic carbocycles. The zero-order valence-corrected chi connectivity index (χ0v) is 16.2. The highest BCUT2D eigenvalue weighted by atomic mass is 16.5. The summed E-state index contributed by atoms with van der Waals surface area (Å²) in [5.41, 5.74) is 2.75. The van der Waals surface area contributed by atoms with Gasteiger partial charge in [0, 0.05) is 5.92 Å². The van der Waals surface area contributed by atoms with Crippen molar-refractivity contribution in [2.45, 2.75) is 43.6 Å². The van der Waals surface area contributed by atoms with Crippen LogP contribution in [0.3, 0.4) is 0 Å². The minimum Gasteiger partial charge on any atom is -0.497 e. The molecule has 0 amide bonds. The van der Waals surface area contributed by atoms with Gasteiger partial charge in [-0.05, 0) is 81.6 Å². The van der Waals surface area contributed by atoms with Crippen LogP contribution in [0, 0.1) is 0 Å². The van der Waals surface area contributed by atoms with Crippen LogP contribution in [-0.2, 0) is 12.0 Å². The van der Waals surface area contributed by atoms with Gasteiger partial charge in [-0.25, -0.2) is 0 Å². The second-order valence-corrected chi connectivity index (χ2v) is 7.71. The molecule has 0 unspecified atom stereocenters. The molecular formula is C23H31NO2. The standard InChI is InChI=1S/C23H31NO2/c1-24(2)16-8-15-23(25)21-13-5-4-9-18(21)10-7-14-22(23)19-11-6-12-20(17-19)26-3/h4-6,9,11-13,17,22,25H,7-8,10,14-16H2,1-3H3/t22-,23-/m0/s1. The monoisotopic (exact) mass is 353 g/mol. The van der Waals surface area contributed by atoms with Gasteiger partial charge in [0.1, 0.15) is 5.75 Å². The van der Waals surface area contributed by atoms with E-state index >= 15 is 0 Å². The fraction of sp³-hybridized carbons (Fsp3) is 0.478. The third-order valence-electron chi connectivity index (χ3n) is 5.66. The Labute approximate surface area is 157 Å². The van der Waals surface area contributed by atoms with Crippen molar-refractivity contribution < 1.29 is 9.84 Å². The van der Waals surface area contributed by atoms with Gasteiger partial charge in [0.25, 0.3) is 0 Å². The Morgan fingerprint density at radius 1 is 1.15 bits per heavy atom. The number of aryl methyl sites for hydroxylation is 1. The number of hydrogen-bond acceptors (Lipinski definition) is 3. The van der Waals surface area contributed by atoms with E-state index < -0.39 is 5.60 Å². The van der Waals surface area contributed by atoms with E-state index in [0.29, 0.717) is 0 Å². The summed E-state index contributed by atoms with van der Waals surface area (Å²) < 4.78 is 5.44. The second-order valence-electron chi connectivity index (χ2n) is 7.71. The molecule has 3 rings (SSSR count). The lowest BCUT2D eigenvalue weighted by atomic mass is 9.73. The van der Waals surface area contributed by atoms with Crippen molar-refractivity contribution in [3.63, 3.8) is 0 Å². The highest BCUT2D eigenvalue weighted by Gasteiger charge is 2.41. The third-order valence-corrected chi connectivity index (χ3v) is 5.66. The van der Waals surface area contributed by atoms with E-state index in [9.17, 15) is 5.11 Å². The van der Waals surface area contributed by atoms with Gasteiger partial charge < -0.3 is 14.7 Å². The number of aliphatic hydroxyl groups is 1. The van der Waals surface area contributed by atoms with Gasteiger partial charge in [-0.1, -0.05) is 36.4 Å². The van der Waals surface area contributed by atoms with E-state index in [2.05, 4.69) is 55.4 Å². The molecule has 0 radical (unpaired) electrons. The first-order valence-electron chi connectivity index (χ1n) is 9.64. The number of nitrogens with zero attached hydrogens (tertiary/aromatic N) is 1. The fourth-order valence-electron chi connectivity index (χ4n) is 4.36. The minimum absolute atomic E-state index is 0.0865. The smallest absolute Gasteiger partial charge is 0.119 e. The number of ether oxygens (including phenoxy) is 1. The quantitative estimate of drug-likeness (QED) is 0.784. The summed E-state index contributed by atoms with van der Waals surface area (Å²) >= 11 is 0. The molecular weight excluding hydrogens is 322 g/mol. The van der Waals surface area contributed by atoms with Crippen molar-refractivity contribution in [2.75, 3.05) is 27.7 Å². The summed E-state index contributed by atoms with van der Waals surface area (Å²) in [5, 5.41) is 12.0. The van der Waals surface area contributed by atoms with Gasteiger partial charge in [-0.3, -0.25) is 0 Å². The Morgan fingerprint density at radius 2 is 1.96 bits per heavy atom. The molecule has 2 atom stereocenters. The van der Waals surface area contributed by atoms with Gasteiger partial charge in [-0.2, -0.15) is 0 Å². The summed E-state index contributed by atoms with van der Waals surface area (Å²) in [4.78, 5) is 2.19. The fourth-order valence-corrected chi connectivity index (χ4v) is 4.36. The van der Waals surface area contributed by atoms with Crippen molar-refractivity contribution in [3.8, 4) is 5.75 Å². The molecule has 3 heteroatoms. The lowest BCUT2D eigenvalue weighted by Gasteiger charge is -2.37. The van der Waals surface area contributed by atoms with E-state index in [1.54, 1.807) is 7.11 Å². The highest BCUT2D eigenvalue weighted by Crippen LogP contribution is 2.47. The van der Waals surface area contributed by atoms with Crippen LogP contribution in [0.25, 0.3) is 0 Å². The average molecular weight is 354 g/mol. The number of fused-ring (bicyclic) bond motifs is 1. The van der Waals surface area contributed by atoms with E-state index in [4.69, 9.17) is 4.74 Å². The normalized spacial score (nSPS) is 22.7. The van der Waals surface area contributed by atoms with Crippen LogP contribution in [0.1, 0.15) is 48.3 Å². The van der Waals surface area contributed by atoms with Crippen LogP contribution in [0.4, 0.5) is 0 Å². The molecule has 0 aliphatic heterocycles. The molecule has 3 nitrogen and oxygen atoms in total. The van der Waals surface area contributed by atoms with E-state index in [0.717, 1.165) is 50.0 Å². The number of methoxy groups -OCH3 is 1. The zero-order chi connectivity index (χ0) is 18.6. The molecule has 2 aromatic rings. The van der Waals surface area contributed by atoms with Gasteiger partial charge >= 0.3 is 0 Å². The summed E-state index contributed by atoms with van der Waals surface area (Å²) in [7, 11) is 5.88. The largest absolute Gasteiger partial charge is 0.497 e. The first-order chi connectivity index (χ1) is 12.5. The third kappa shape index (κ3) is 3.94. The lowest BCUT2D eigenvalue weighted by Crippen LogP contribution is -2.34. The molecule has 0 fully saturated rings. The summed E-state index contributed by atoms with van der Waals surface area (Å²) in [5.74, 6) is 0.944. The molecule has 0 spiro atoms. The molecule has 2 aromatic carbocycles. The molecule has 0 saturated carbocycles. The first-order valence-corrected chi connectivity index (χ1v) is 9.64. The van der Waals surface area contributed by atoms with Gasteiger partial charge in [0.05, 0.1) is 12.7 Å². The van der Waals surface area contributed by atoms with E-state index in [-0.39, 0.29) is 5.92 Å². The number of hydrogen-bond donors (Lipinski definition) is 1. The maximum atomic E-state index is 12.0. The SMILES string of the molecule is COc1cccc([C@@H]2CCCc3ccccc3[C@@]2(O)CCCN(C)C)c1. The van der Waals surface area contributed by atoms with Gasteiger partial charge in [-0.15, -0.1) is 0 Å². The predicted molar refractivity (Wildman–Crippen MR) is 107 cm³/mol. The van der Waals surface area contributed by atoms with Crippen molar-refractivity contribution in [2.24, 2.45) is 0 Å². The Bertz CT molecular complexity index is 728. The lowest BCUT2D eigenvalue weighted by molar-refractivity contribution is -0.00608. The molecule has 0 aromatic heterocycles. The van der Waals surface area contributed by atoms with Gasteiger partial charge in [0.2, 0.25) is 0 Å². The van der Waals surface area contributed by atoms with Crippen LogP contribution in [-0.4, -0.2) is 37.8 Å². The Hall–Kier alpha value is -1.84. The topological polar surface area (TPSA) is 32.7 Å². The average Bonchev–Trinajstić information content (AvgIpc) is 2.79. The maximum absolute atomic E-state index is 12.0. The molecule has 1 aliphatic rings. The van der Waals surface area contributed by atoms with Crippen molar-refractivity contribution in [1.29, 1.82) is 0 Å². The van der Waals surface area contributed by atoms with Crippen molar-refractivity contribution >= 4 is 0 Å². The second kappa shape index (κ2) is 8.24. The molecule has 140 valence electrons. The number of rotatable bonds is 6. The highest BCUT2D eigenvalue weighted by molar-refractivity contribution is 5.40. The van der Waals surface area contributed by atoms with Crippen LogP contribution in [0.2, 0.25) is 0 Å². The summed E-state index contributed by atoms with van der Waals surface area (Å²) in [6.45, 7) is 0.981.